The summed E-state index contributed by atoms with van der Waals surface area (Å²) in [4.78, 5) is 43.2. The largest absolute Gasteiger partial charge is 0.452 e. The molecule has 0 saturated carbocycles. The van der Waals surface area contributed by atoms with Gasteiger partial charge in [-0.3, -0.25) is 19.1 Å². The number of anilines is 1. The van der Waals surface area contributed by atoms with Crippen LogP contribution in [0.1, 0.15) is 22.6 Å². The van der Waals surface area contributed by atoms with E-state index in [0.29, 0.717) is 29.0 Å². The molecule has 0 aliphatic carbocycles. The van der Waals surface area contributed by atoms with Crippen molar-refractivity contribution >= 4 is 28.5 Å². The highest BCUT2D eigenvalue weighted by molar-refractivity contribution is 5.98. The first kappa shape index (κ1) is 19.3. The number of aryl methyl sites for hydroxylation is 1. The van der Waals surface area contributed by atoms with E-state index in [-0.39, 0.29) is 17.7 Å². The van der Waals surface area contributed by atoms with Crippen LogP contribution in [0.2, 0.25) is 0 Å². The quantitative estimate of drug-likeness (QED) is 0.478. The molecule has 2 heterocycles. The van der Waals surface area contributed by atoms with Crippen LogP contribution in [0.4, 0.5) is 5.69 Å². The topological polar surface area (TPSA) is 105 Å². The van der Waals surface area contributed by atoms with Gasteiger partial charge in [0.05, 0.1) is 22.5 Å². The Morgan fingerprint density at radius 3 is 2.77 bits per heavy atom. The second-order valence-electron chi connectivity index (χ2n) is 6.87. The van der Waals surface area contributed by atoms with Crippen molar-refractivity contribution in [2.24, 2.45) is 0 Å². The number of benzene rings is 2. The van der Waals surface area contributed by atoms with Gasteiger partial charge in [0, 0.05) is 18.7 Å². The molecule has 150 valence electrons. The zero-order valence-corrected chi connectivity index (χ0v) is 16.1. The van der Waals surface area contributed by atoms with Gasteiger partial charge in [-0.15, -0.1) is 0 Å². The number of nitriles is 1. The fourth-order valence-electron chi connectivity index (χ4n) is 3.50. The summed E-state index contributed by atoms with van der Waals surface area (Å²) in [6.07, 6.45) is 1.60. The molecule has 0 spiro atoms. The van der Waals surface area contributed by atoms with Crippen LogP contribution >= 0.6 is 0 Å². The fourth-order valence-corrected chi connectivity index (χ4v) is 3.50. The maximum atomic E-state index is 12.5. The molecule has 4 rings (SSSR count). The van der Waals surface area contributed by atoms with Crippen molar-refractivity contribution < 1.29 is 14.3 Å². The Labute approximate surface area is 171 Å². The van der Waals surface area contributed by atoms with E-state index in [1.807, 2.05) is 6.07 Å². The second-order valence-corrected chi connectivity index (χ2v) is 6.87. The Morgan fingerprint density at radius 1 is 1.20 bits per heavy atom. The van der Waals surface area contributed by atoms with Gasteiger partial charge in [0.2, 0.25) is 0 Å². The highest BCUT2D eigenvalue weighted by Gasteiger charge is 2.20. The molecule has 0 N–H and O–H groups in total. The standard InChI is InChI=1S/C22H18N4O4/c23-10-12-25(16-5-2-1-3-6-16)20(27)14-30-22(29)15-8-9-17-18(13-15)24-19-7-4-11-26(19)21(17)28/h1-3,5-6,8-9,13H,4,7,11-12,14H2. The Hall–Kier alpha value is -3.99. The number of nitrogens with zero attached hydrogens (tertiary/aromatic N) is 4. The molecule has 0 atom stereocenters. The summed E-state index contributed by atoms with van der Waals surface area (Å²) >= 11 is 0. The molecule has 0 bridgehead atoms. The van der Waals surface area contributed by atoms with Crippen LogP contribution in [0.5, 0.6) is 0 Å². The molecule has 3 aromatic rings. The summed E-state index contributed by atoms with van der Waals surface area (Å²) in [6, 6.07) is 15.2. The third-order valence-corrected chi connectivity index (χ3v) is 4.98. The van der Waals surface area contributed by atoms with Crippen molar-refractivity contribution in [2.45, 2.75) is 19.4 Å². The third-order valence-electron chi connectivity index (χ3n) is 4.98. The number of hydrogen-bond donors (Lipinski definition) is 0. The van der Waals surface area contributed by atoms with Gasteiger partial charge in [0.1, 0.15) is 12.4 Å². The van der Waals surface area contributed by atoms with E-state index in [1.54, 1.807) is 41.0 Å². The van der Waals surface area contributed by atoms with E-state index in [4.69, 9.17) is 10.00 Å². The molecule has 30 heavy (non-hydrogen) atoms. The predicted molar refractivity (Wildman–Crippen MR) is 109 cm³/mol. The zero-order valence-electron chi connectivity index (χ0n) is 16.1. The van der Waals surface area contributed by atoms with E-state index in [2.05, 4.69) is 4.98 Å². The maximum absolute atomic E-state index is 12.5. The van der Waals surface area contributed by atoms with Crippen LogP contribution in [0.25, 0.3) is 10.9 Å². The van der Waals surface area contributed by atoms with Crippen molar-refractivity contribution in [1.82, 2.24) is 9.55 Å². The van der Waals surface area contributed by atoms with Crippen LogP contribution in [-0.2, 0) is 22.5 Å². The van der Waals surface area contributed by atoms with Gasteiger partial charge in [0.25, 0.3) is 11.5 Å². The summed E-state index contributed by atoms with van der Waals surface area (Å²) in [5.74, 6) is -0.494. The number of carbonyl (C=O) groups excluding carboxylic acids is 2. The predicted octanol–water partition coefficient (Wildman–Crippen LogP) is 2.06. The minimum Gasteiger partial charge on any atom is -0.452 e. The molecule has 1 aromatic heterocycles. The van der Waals surface area contributed by atoms with Crippen LogP contribution < -0.4 is 10.5 Å². The van der Waals surface area contributed by atoms with Crippen molar-refractivity contribution in [2.75, 3.05) is 18.1 Å². The van der Waals surface area contributed by atoms with Crippen LogP contribution in [0.3, 0.4) is 0 Å². The first-order chi connectivity index (χ1) is 14.6. The molecule has 2 aromatic carbocycles. The number of aromatic nitrogens is 2. The minimum atomic E-state index is -0.697. The summed E-state index contributed by atoms with van der Waals surface area (Å²) in [5, 5.41) is 9.45. The summed E-state index contributed by atoms with van der Waals surface area (Å²) < 4.78 is 6.82. The molecule has 1 aliphatic rings. The lowest BCUT2D eigenvalue weighted by Gasteiger charge is -2.19. The summed E-state index contributed by atoms with van der Waals surface area (Å²) in [7, 11) is 0. The highest BCUT2D eigenvalue weighted by Crippen LogP contribution is 2.17. The lowest BCUT2D eigenvalue weighted by atomic mass is 10.1. The average molecular weight is 402 g/mol. The number of carbonyl (C=O) groups is 2. The molecular formula is C22H18N4O4. The number of hydrogen-bond acceptors (Lipinski definition) is 6. The number of amides is 1. The number of para-hydroxylation sites is 1. The zero-order chi connectivity index (χ0) is 21.1. The second kappa shape index (κ2) is 8.17. The van der Waals surface area contributed by atoms with E-state index < -0.39 is 18.5 Å². The van der Waals surface area contributed by atoms with Gasteiger partial charge in [-0.05, 0) is 36.8 Å². The highest BCUT2D eigenvalue weighted by atomic mass is 16.5. The summed E-state index contributed by atoms with van der Waals surface area (Å²) in [5.41, 5.74) is 1.07. The van der Waals surface area contributed by atoms with Gasteiger partial charge >= 0.3 is 5.97 Å². The van der Waals surface area contributed by atoms with Crippen molar-refractivity contribution in [3.8, 4) is 6.07 Å². The molecular weight excluding hydrogens is 384 g/mol. The van der Waals surface area contributed by atoms with Crippen molar-refractivity contribution in [3.63, 3.8) is 0 Å². The fraction of sp³-hybridized carbons (Fsp3) is 0.227. The smallest absolute Gasteiger partial charge is 0.338 e. The van der Waals surface area contributed by atoms with Crippen LogP contribution in [0, 0.1) is 11.3 Å². The first-order valence-electron chi connectivity index (χ1n) is 9.51. The van der Waals surface area contributed by atoms with E-state index >= 15 is 0 Å². The average Bonchev–Trinajstić information content (AvgIpc) is 3.25. The molecule has 1 aliphatic heterocycles. The first-order valence-corrected chi connectivity index (χ1v) is 9.51. The Kier molecular flexibility index (Phi) is 5.26. The molecule has 0 saturated heterocycles. The Morgan fingerprint density at radius 2 is 2.00 bits per heavy atom. The Balaban J connectivity index is 1.50. The van der Waals surface area contributed by atoms with Gasteiger partial charge in [0.15, 0.2) is 6.61 Å². The molecule has 0 unspecified atom stereocenters. The SMILES string of the molecule is N#CCN(C(=O)COC(=O)c1ccc2c(=O)n3c(nc2c1)CCC3)c1ccccc1. The molecule has 0 radical (unpaired) electrons. The van der Waals surface area contributed by atoms with Crippen LogP contribution in [-0.4, -0.2) is 34.6 Å². The normalized spacial score (nSPS) is 12.2. The van der Waals surface area contributed by atoms with Gasteiger partial charge in [-0.25, -0.2) is 9.78 Å². The van der Waals surface area contributed by atoms with Gasteiger partial charge in [-0.1, -0.05) is 18.2 Å². The number of fused-ring (bicyclic) bond motifs is 2. The van der Waals surface area contributed by atoms with Crippen LogP contribution in [0.15, 0.2) is 53.3 Å². The van der Waals surface area contributed by atoms with E-state index in [1.165, 1.54) is 17.0 Å². The third kappa shape index (κ3) is 3.65. The lowest BCUT2D eigenvalue weighted by Crippen LogP contribution is -2.35. The monoisotopic (exact) mass is 402 g/mol. The maximum Gasteiger partial charge on any atom is 0.338 e. The number of rotatable bonds is 5. The van der Waals surface area contributed by atoms with Gasteiger partial charge < -0.3 is 4.74 Å². The molecule has 0 fully saturated rings. The Bertz CT molecular complexity index is 1230. The number of ether oxygens (including phenoxy) is 1. The molecule has 8 heteroatoms. The van der Waals surface area contributed by atoms with Crippen molar-refractivity contribution in [3.05, 3.63) is 70.3 Å². The molecule has 1 amide bonds. The number of esters is 1. The van der Waals surface area contributed by atoms with Gasteiger partial charge in [-0.2, -0.15) is 5.26 Å². The summed E-state index contributed by atoms with van der Waals surface area (Å²) in [6.45, 7) is -0.00726. The lowest BCUT2D eigenvalue weighted by molar-refractivity contribution is -0.121. The minimum absolute atomic E-state index is 0.113. The van der Waals surface area contributed by atoms with E-state index in [9.17, 15) is 14.4 Å². The molecule has 8 nitrogen and oxygen atoms in total. The van der Waals surface area contributed by atoms with E-state index in [0.717, 1.165) is 12.8 Å². The van der Waals surface area contributed by atoms with Crippen molar-refractivity contribution in [1.29, 1.82) is 5.26 Å².